The van der Waals surface area contributed by atoms with Crippen LogP contribution in [0.25, 0.3) is 0 Å². The van der Waals surface area contributed by atoms with E-state index in [1.165, 1.54) is 6.42 Å². The number of hydrogen-bond donors (Lipinski definition) is 2. The molecule has 2 saturated heterocycles. The van der Waals surface area contributed by atoms with Crippen LogP contribution in [-0.2, 0) is 9.59 Å². The number of amides is 2. The molecule has 0 aliphatic carbocycles. The average Bonchev–Trinajstić information content (AvgIpc) is 2.93. The monoisotopic (exact) mass is 349 g/mol. The lowest BCUT2D eigenvalue weighted by Gasteiger charge is -2.30. The summed E-state index contributed by atoms with van der Waals surface area (Å²) in [6.07, 6.45) is 2.34. The van der Waals surface area contributed by atoms with Gasteiger partial charge in [0.1, 0.15) is 6.04 Å². The smallest absolute Gasteiger partial charge is 0.243 e. The minimum absolute atomic E-state index is 0. The molecule has 0 bridgehead atoms. The van der Waals surface area contributed by atoms with E-state index in [1.54, 1.807) is 16.7 Å². The van der Waals surface area contributed by atoms with E-state index in [-0.39, 0.29) is 30.3 Å². The van der Waals surface area contributed by atoms with E-state index >= 15 is 0 Å². The van der Waals surface area contributed by atoms with Crippen LogP contribution in [0.3, 0.4) is 0 Å². The third-order valence-electron chi connectivity index (χ3n) is 4.05. The molecular formula is C15H28ClN3O2S. The molecule has 2 fully saturated rings. The highest BCUT2D eigenvalue weighted by Crippen LogP contribution is 2.27. The van der Waals surface area contributed by atoms with Crippen LogP contribution in [0, 0.1) is 11.3 Å². The van der Waals surface area contributed by atoms with Crippen LogP contribution in [-0.4, -0.2) is 54.0 Å². The zero-order chi connectivity index (χ0) is 15.5. The minimum Gasteiger partial charge on any atom is -0.354 e. The molecular weight excluding hydrogens is 322 g/mol. The standard InChI is InChI=1S/C15H27N3O2S.ClH/c1-15(2,3)14(20)18-10-21-9-12(18)13(19)17-8-11-5-4-6-16-7-11;/h11-12,16H,4-10H2,1-3H3,(H,17,19);1H. The number of thioether (sulfide) groups is 1. The number of piperidine rings is 1. The maximum atomic E-state index is 12.4. The summed E-state index contributed by atoms with van der Waals surface area (Å²) >= 11 is 1.66. The van der Waals surface area contributed by atoms with E-state index in [2.05, 4.69) is 10.6 Å². The Morgan fingerprint density at radius 2 is 2.09 bits per heavy atom. The van der Waals surface area contributed by atoms with Gasteiger partial charge in [-0.25, -0.2) is 0 Å². The topological polar surface area (TPSA) is 61.4 Å². The molecule has 0 aromatic rings. The number of nitrogens with one attached hydrogen (secondary N) is 2. The molecule has 2 heterocycles. The first-order chi connectivity index (χ1) is 9.89. The average molecular weight is 350 g/mol. The number of carbonyl (C=O) groups is 2. The number of nitrogens with zero attached hydrogens (tertiary/aromatic N) is 1. The van der Waals surface area contributed by atoms with Crippen LogP contribution in [0.15, 0.2) is 0 Å². The van der Waals surface area contributed by atoms with Gasteiger partial charge < -0.3 is 15.5 Å². The minimum atomic E-state index is -0.434. The lowest BCUT2D eigenvalue weighted by Crippen LogP contribution is -2.51. The van der Waals surface area contributed by atoms with E-state index in [1.807, 2.05) is 20.8 Å². The Morgan fingerprint density at radius 3 is 2.68 bits per heavy atom. The molecule has 2 amide bonds. The summed E-state index contributed by atoms with van der Waals surface area (Å²) in [5.74, 6) is 1.91. The van der Waals surface area contributed by atoms with Gasteiger partial charge in [-0.2, -0.15) is 0 Å². The van der Waals surface area contributed by atoms with Gasteiger partial charge in [-0.3, -0.25) is 9.59 Å². The first-order valence-electron chi connectivity index (χ1n) is 7.77. The zero-order valence-electron chi connectivity index (χ0n) is 13.7. The van der Waals surface area contributed by atoms with Crippen LogP contribution >= 0.6 is 24.2 Å². The van der Waals surface area contributed by atoms with Gasteiger partial charge in [0.2, 0.25) is 11.8 Å². The van der Waals surface area contributed by atoms with E-state index < -0.39 is 5.41 Å². The van der Waals surface area contributed by atoms with Crippen molar-refractivity contribution in [2.45, 2.75) is 39.7 Å². The normalized spacial score (nSPS) is 25.5. The lowest BCUT2D eigenvalue weighted by atomic mass is 9.94. The Kier molecular flexibility index (Phi) is 7.49. The van der Waals surface area contributed by atoms with Gasteiger partial charge in [0.25, 0.3) is 0 Å². The van der Waals surface area contributed by atoms with Crippen LogP contribution < -0.4 is 10.6 Å². The molecule has 0 spiro atoms. The van der Waals surface area contributed by atoms with Crippen LogP contribution in [0.4, 0.5) is 0 Å². The molecule has 2 atom stereocenters. The molecule has 0 aromatic heterocycles. The molecule has 2 aliphatic rings. The summed E-state index contributed by atoms with van der Waals surface area (Å²) in [5, 5.41) is 6.40. The van der Waals surface area contributed by atoms with Gasteiger partial charge in [0.05, 0.1) is 5.88 Å². The fraction of sp³-hybridized carbons (Fsp3) is 0.867. The number of carbonyl (C=O) groups excluding carboxylic acids is 2. The van der Waals surface area contributed by atoms with E-state index in [4.69, 9.17) is 0 Å². The molecule has 5 nitrogen and oxygen atoms in total. The molecule has 7 heteroatoms. The summed E-state index contributed by atoms with van der Waals surface area (Å²) < 4.78 is 0. The maximum Gasteiger partial charge on any atom is 0.243 e. The first-order valence-corrected chi connectivity index (χ1v) is 8.92. The Labute approximate surface area is 143 Å². The molecule has 128 valence electrons. The number of hydrogen-bond acceptors (Lipinski definition) is 4. The lowest BCUT2D eigenvalue weighted by molar-refractivity contribution is -0.144. The van der Waals surface area contributed by atoms with Gasteiger partial charge in [-0.05, 0) is 31.8 Å². The highest BCUT2D eigenvalue weighted by Gasteiger charge is 2.38. The first kappa shape index (κ1) is 19.6. The van der Waals surface area contributed by atoms with Crippen molar-refractivity contribution >= 4 is 36.0 Å². The largest absolute Gasteiger partial charge is 0.354 e. The van der Waals surface area contributed by atoms with Gasteiger partial charge in [-0.1, -0.05) is 20.8 Å². The fourth-order valence-electron chi connectivity index (χ4n) is 2.75. The third-order valence-corrected chi connectivity index (χ3v) is 5.06. The van der Waals surface area contributed by atoms with Crippen molar-refractivity contribution in [3.8, 4) is 0 Å². The number of halogens is 1. The molecule has 2 rings (SSSR count). The molecule has 2 N–H and O–H groups in total. The highest BCUT2D eigenvalue weighted by atomic mass is 35.5. The van der Waals surface area contributed by atoms with Crippen molar-refractivity contribution in [2.24, 2.45) is 11.3 Å². The number of rotatable bonds is 3. The fourth-order valence-corrected chi connectivity index (χ4v) is 3.91. The molecule has 0 saturated carbocycles. The summed E-state index contributed by atoms with van der Waals surface area (Å²) in [6, 6.07) is -0.307. The predicted molar refractivity (Wildman–Crippen MR) is 93.3 cm³/mol. The Balaban J connectivity index is 0.00000242. The summed E-state index contributed by atoms with van der Waals surface area (Å²) in [4.78, 5) is 26.5. The van der Waals surface area contributed by atoms with Gasteiger partial charge >= 0.3 is 0 Å². The van der Waals surface area contributed by atoms with E-state index in [9.17, 15) is 9.59 Å². The summed E-state index contributed by atoms with van der Waals surface area (Å²) in [7, 11) is 0. The molecule has 0 aromatic carbocycles. The second-order valence-electron chi connectivity index (χ2n) is 7.00. The third kappa shape index (κ3) is 5.03. The van der Waals surface area contributed by atoms with Crippen molar-refractivity contribution in [2.75, 3.05) is 31.3 Å². The van der Waals surface area contributed by atoms with Crippen molar-refractivity contribution < 1.29 is 9.59 Å². The zero-order valence-corrected chi connectivity index (χ0v) is 15.3. The van der Waals surface area contributed by atoms with Crippen LogP contribution in [0.1, 0.15) is 33.6 Å². The van der Waals surface area contributed by atoms with Crippen LogP contribution in [0.2, 0.25) is 0 Å². The predicted octanol–water partition coefficient (Wildman–Crippen LogP) is 1.47. The molecule has 2 unspecified atom stereocenters. The molecule has 22 heavy (non-hydrogen) atoms. The van der Waals surface area contributed by atoms with E-state index in [0.29, 0.717) is 24.1 Å². The Hall–Kier alpha value is -0.460. The quantitative estimate of drug-likeness (QED) is 0.810. The second-order valence-corrected chi connectivity index (χ2v) is 8.00. The molecule has 2 aliphatic heterocycles. The second kappa shape index (κ2) is 8.41. The summed E-state index contributed by atoms with van der Waals surface area (Å²) in [5.41, 5.74) is -0.434. The highest BCUT2D eigenvalue weighted by molar-refractivity contribution is 7.99. The van der Waals surface area contributed by atoms with Gasteiger partial charge in [0, 0.05) is 17.7 Å². The van der Waals surface area contributed by atoms with Crippen molar-refractivity contribution in [1.29, 1.82) is 0 Å². The Bertz CT molecular complexity index is 395. The maximum absolute atomic E-state index is 12.4. The van der Waals surface area contributed by atoms with Gasteiger partial charge in [0.15, 0.2) is 0 Å². The summed E-state index contributed by atoms with van der Waals surface area (Å²) in [6.45, 7) is 8.48. The van der Waals surface area contributed by atoms with Crippen molar-refractivity contribution in [3.63, 3.8) is 0 Å². The van der Waals surface area contributed by atoms with Crippen molar-refractivity contribution in [1.82, 2.24) is 15.5 Å². The van der Waals surface area contributed by atoms with Gasteiger partial charge in [-0.15, -0.1) is 24.2 Å². The Morgan fingerprint density at radius 1 is 1.36 bits per heavy atom. The molecule has 0 radical (unpaired) electrons. The van der Waals surface area contributed by atoms with E-state index in [0.717, 1.165) is 19.5 Å². The van der Waals surface area contributed by atoms with Crippen LogP contribution in [0.5, 0.6) is 0 Å². The SMILES string of the molecule is CC(C)(C)C(=O)N1CSCC1C(=O)NCC1CCCNC1.Cl. The van der Waals surface area contributed by atoms with Crippen molar-refractivity contribution in [3.05, 3.63) is 0 Å².